The molecule has 1 aromatic rings. The van der Waals surface area contributed by atoms with Gasteiger partial charge < -0.3 is 15.7 Å². The molecular formula is C17H27FN4O. The Balaban J connectivity index is 1.92. The number of hydrogen-bond acceptors (Lipinski definition) is 3. The van der Waals surface area contributed by atoms with E-state index >= 15 is 0 Å². The molecule has 0 spiro atoms. The lowest BCUT2D eigenvalue weighted by atomic mass is 10.2. The van der Waals surface area contributed by atoms with E-state index in [0.29, 0.717) is 12.6 Å². The number of nitrogens with one attached hydrogen (secondary N) is 2. The van der Waals surface area contributed by atoms with Gasteiger partial charge in [-0.2, -0.15) is 0 Å². The van der Waals surface area contributed by atoms with Crippen molar-refractivity contribution in [3.05, 3.63) is 29.6 Å². The highest BCUT2D eigenvalue weighted by atomic mass is 19.1. The molecule has 1 heterocycles. The van der Waals surface area contributed by atoms with E-state index < -0.39 is 5.82 Å². The lowest BCUT2D eigenvalue weighted by Crippen LogP contribution is -2.44. The minimum absolute atomic E-state index is 0.330. The summed E-state index contributed by atoms with van der Waals surface area (Å²) in [6.45, 7) is 8.47. The van der Waals surface area contributed by atoms with Gasteiger partial charge in [0, 0.05) is 19.1 Å². The Kier molecular flexibility index (Phi) is 6.65. The highest BCUT2D eigenvalue weighted by Gasteiger charge is 2.22. The van der Waals surface area contributed by atoms with Crippen molar-refractivity contribution in [2.24, 2.45) is 4.99 Å². The molecule has 3 N–H and O–H groups in total. The van der Waals surface area contributed by atoms with Gasteiger partial charge in [0.05, 0.1) is 6.54 Å². The summed E-state index contributed by atoms with van der Waals surface area (Å²) >= 11 is 0. The molecule has 1 fully saturated rings. The van der Waals surface area contributed by atoms with Gasteiger partial charge in [0.2, 0.25) is 0 Å². The first-order valence-corrected chi connectivity index (χ1v) is 8.37. The first kappa shape index (κ1) is 17.5. The summed E-state index contributed by atoms with van der Waals surface area (Å²) in [4.78, 5) is 6.97. The number of likely N-dealkylation sites (tertiary alicyclic amines) is 1. The van der Waals surface area contributed by atoms with Crippen LogP contribution in [0.4, 0.5) is 4.39 Å². The van der Waals surface area contributed by atoms with Crippen molar-refractivity contribution in [1.29, 1.82) is 0 Å². The van der Waals surface area contributed by atoms with Crippen LogP contribution in [0.1, 0.15) is 32.3 Å². The summed E-state index contributed by atoms with van der Waals surface area (Å²) in [5, 5.41) is 15.8. The number of rotatable bonds is 6. The molecule has 1 atom stereocenters. The molecule has 0 radical (unpaired) electrons. The molecule has 1 aliphatic heterocycles. The highest BCUT2D eigenvalue weighted by molar-refractivity contribution is 5.79. The van der Waals surface area contributed by atoms with E-state index in [2.05, 4.69) is 27.4 Å². The number of aliphatic imine (C=N–C) groups is 1. The first-order valence-electron chi connectivity index (χ1n) is 8.37. The molecule has 23 heavy (non-hydrogen) atoms. The van der Waals surface area contributed by atoms with E-state index in [9.17, 15) is 9.50 Å². The normalized spacial score (nSPS) is 19.1. The van der Waals surface area contributed by atoms with Gasteiger partial charge in [-0.1, -0.05) is 13.0 Å². The molecule has 2 rings (SSSR count). The molecule has 1 aliphatic rings. The van der Waals surface area contributed by atoms with E-state index in [0.717, 1.165) is 31.2 Å². The minimum Gasteiger partial charge on any atom is -0.505 e. The van der Waals surface area contributed by atoms with Crippen molar-refractivity contribution in [3.63, 3.8) is 0 Å². The van der Waals surface area contributed by atoms with Crippen molar-refractivity contribution in [3.8, 4) is 5.75 Å². The number of halogens is 1. The monoisotopic (exact) mass is 322 g/mol. The largest absolute Gasteiger partial charge is 0.505 e. The average molecular weight is 322 g/mol. The molecular weight excluding hydrogens is 295 g/mol. The number of nitrogens with zero attached hydrogens (tertiary/aromatic N) is 2. The molecule has 0 aromatic heterocycles. The maximum atomic E-state index is 13.4. The second-order valence-electron chi connectivity index (χ2n) is 5.79. The standard InChI is InChI=1S/C17H27FN4O/c1-3-19-17(21-12-14-6-5-9-22(14)4-2)20-11-13-7-8-16(23)15(18)10-13/h7-8,10,14,23H,3-6,9,11-12H2,1-2H3,(H2,19,20,21). The summed E-state index contributed by atoms with van der Waals surface area (Å²) in [5.74, 6) is -0.201. The zero-order valence-corrected chi connectivity index (χ0v) is 14.0. The topological polar surface area (TPSA) is 59.9 Å². The van der Waals surface area contributed by atoms with Crippen LogP contribution in [0, 0.1) is 5.82 Å². The zero-order valence-electron chi connectivity index (χ0n) is 14.0. The molecule has 128 valence electrons. The summed E-state index contributed by atoms with van der Waals surface area (Å²) in [6.07, 6.45) is 2.46. The minimum atomic E-state index is -0.611. The maximum absolute atomic E-state index is 13.4. The fourth-order valence-corrected chi connectivity index (χ4v) is 2.92. The molecule has 1 saturated heterocycles. The van der Waals surface area contributed by atoms with Crippen molar-refractivity contribution in [1.82, 2.24) is 15.5 Å². The number of likely N-dealkylation sites (N-methyl/N-ethyl adjacent to an activating group) is 1. The number of hydrogen-bond donors (Lipinski definition) is 3. The Bertz CT molecular complexity index is 535. The second kappa shape index (κ2) is 8.72. The Hall–Kier alpha value is -1.82. The van der Waals surface area contributed by atoms with E-state index in [-0.39, 0.29) is 5.75 Å². The molecule has 1 aromatic carbocycles. The second-order valence-corrected chi connectivity index (χ2v) is 5.79. The van der Waals surface area contributed by atoms with Gasteiger partial charge in [-0.15, -0.1) is 0 Å². The van der Waals surface area contributed by atoms with Crippen molar-refractivity contribution < 1.29 is 9.50 Å². The summed E-state index contributed by atoms with van der Waals surface area (Å²) < 4.78 is 13.4. The Morgan fingerprint density at radius 2 is 2.22 bits per heavy atom. The van der Waals surface area contributed by atoms with Crippen LogP contribution in [0.25, 0.3) is 0 Å². The van der Waals surface area contributed by atoms with E-state index in [1.165, 1.54) is 31.5 Å². The summed E-state index contributed by atoms with van der Waals surface area (Å²) in [6, 6.07) is 4.91. The molecule has 1 unspecified atom stereocenters. The molecule has 5 nitrogen and oxygen atoms in total. The van der Waals surface area contributed by atoms with Gasteiger partial charge in [-0.3, -0.25) is 4.90 Å². The van der Waals surface area contributed by atoms with Gasteiger partial charge in [-0.25, -0.2) is 9.38 Å². The smallest absolute Gasteiger partial charge is 0.191 e. The van der Waals surface area contributed by atoms with Gasteiger partial charge in [0.25, 0.3) is 0 Å². The van der Waals surface area contributed by atoms with E-state index in [4.69, 9.17) is 0 Å². The quantitative estimate of drug-likeness (QED) is 0.554. The third-order valence-corrected chi connectivity index (χ3v) is 4.19. The summed E-state index contributed by atoms with van der Waals surface area (Å²) in [7, 11) is 0. The van der Waals surface area contributed by atoms with E-state index in [1.54, 1.807) is 6.07 Å². The Morgan fingerprint density at radius 1 is 1.39 bits per heavy atom. The number of benzene rings is 1. The van der Waals surface area contributed by atoms with Crippen LogP contribution >= 0.6 is 0 Å². The fraction of sp³-hybridized carbons (Fsp3) is 0.588. The van der Waals surface area contributed by atoms with Crippen molar-refractivity contribution in [2.45, 2.75) is 39.3 Å². The number of phenolic OH excluding ortho intramolecular Hbond substituents is 1. The lowest BCUT2D eigenvalue weighted by Gasteiger charge is -2.24. The third kappa shape index (κ3) is 5.10. The Morgan fingerprint density at radius 3 is 2.91 bits per heavy atom. The fourth-order valence-electron chi connectivity index (χ4n) is 2.92. The maximum Gasteiger partial charge on any atom is 0.191 e. The van der Waals surface area contributed by atoms with Crippen LogP contribution in [0.5, 0.6) is 5.75 Å². The van der Waals surface area contributed by atoms with E-state index in [1.807, 2.05) is 6.92 Å². The van der Waals surface area contributed by atoms with Crippen LogP contribution in [0.3, 0.4) is 0 Å². The molecule has 0 saturated carbocycles. The number of aromatic hydroxyl groups is 1. The van der Waals surface area contributed by atoms with Crippen LogP contribution in [-0.4, -0.2) is 48.2 Å². The average Bonchev–Trinajstić information content (AvgIpc) is 3.00. The molecule has 6 heteroatoms. The van der Waals surface area contributed by atoms with Gasteiger partial charge >= 0.3 is 0 Å². The SMILES string of the molecule is CCNC(=NCc1ccc(O)c(F)c1)NCC1CCCN1CC. The van der Waals surface area contributed by atoms with Crippen molar-refractivity contribution in [2.75, 3.05) is 26.2 Å². The molecule has 0 bridgehead atoms. The van der Waals surface area contributed by atoms with Crippen LogP contribution in [-0.2, 0) is 6.54 Å². The van der Waals surface area contributed by atoms with Crippen LogP contribution in [0.15, 0.2) is 23.2 Å². The zero-order chi connectivity index (χ0) is 16.7. The van der Waals surface area contributed by atoms with Gasteiger partial charge in [0.15, 0.2) is 17.5 Å². The molecule has 0 amide bonds. The number of phenols is 1. The van der Waals surface area contributed by atoms with Gasteiger partial charge in [0.1, 0.15) is 0 Å². The van der Waals surface area contributed by atoms with Crippen LogP contribution in [0.2, 0.25) is 0 Å². The predicted octanol–water partition coefficient (Wildman–Crippen LogP) is 2.07. The lowest BCUT2D eigenvalue weighted by molar-refractivity contribution is 0.267. The molecule has 0 aliphatic carbocycles. The third-order valence-electron chi connectivity index (χ3n) is 4.19. The number of guanidine groups is 1. The predicted molar refractivity (Wildman–Crippen MR) is 91.2 cm³/mol. The highest BCUT2D eigenvalue weighted by Crippen LogP contribution is 2.17. The summed E-state index contributed by atoms with van der Waals surface area (Å²) in [5.41, 5.74) is 0.730. The Labute approximate surface area is 137 Å². The van der Waals surface area contributed by atoms with Gasteiger partial charge in [-0.05, 0) is 50.6 Å². The first-order chi connectivity index (χ1) is 11.1. The van der Waals surface area contributed by atoms with Crippen LogP contribution < -0.4 is 10.6 Å². The van der Waals surface area contributed by atoms with Crippen molar-refractivity contribution >= 4 is 5.96 Å².